The predicted octanol–water partition coefficient (Wildman–Crippen LogP) is 0.176. The Morgan fingerprint density at radius 2 is 1.59 bits per heavy atom. The minimum atomic E-state index is -0.435. The molecule has 0 saturated heterocycles. The van der Waals surface area contributed by atoms with E-state index in [4.69, 9.17) is 9.47 Å². The van der Waals surface area contributed by atoms with Gasteiger partial charge in [0.1, 0.15) is 0 Å². The first-order valence-electron chi connectivity index (χ1n) is 5.92. The molecule has 17 heavy (non-hydrogen) atoms. The number of rotatable bonds is 12. The number of ether oxygens (including phenoxy) is 2. The molecule has 104 valence electrons. The third kappa shape index (κ3) is 12.8. The maximum absolute atomic E-state index is 9.34. The monoisotopic (exact) mass is 361 g/mol. The van der Waals surface area contributed by atoms with E-state index in [9.17, 15) is 10.2 Å². The number of likely N-dealkylation sites (N-methyl/N-ethyl adjacent to an activating group) is 1. The lowest BCUT2D eigenvalue weighted by molar-refractivity contribution is 0.0265. The van der Waals surface area contributed by atoms with Crippen LogP contribution in [0.5, 0.6) is 0 Å². The molecule has 0 aromatic carbocycles. The Morgan fingerprint density at radius 3 is 2.06 bits per heavy atom. The molecule has 0 aliphatic carbocycles. The standard InChI is InChI=1S/C11H24INO4/c1-13-7-11(15)9-17-5-3-2-4-16-8-10(14)6-12/h10-11,13-15H,2-9H2,1H3. The Labute approximate surface area is 117 Å². The molecule has 0 aliphatic heterocycles. The van der Waals surface area contributed by atoms with Gasteiger partial charge in [-0.05, 0) is 19.9 Å². The number of aliphatic hydroxyl groups excluding tert-OH is 2. The van der Waals surface area contributed by atoms with E-state index in [0.717, 1.165) is 12.8 Å². The third-order valence-electron chi connectivity index (χ3n) is 2.07. The van der Waals surface area contributed by atoms with Crippen molar-refractivity contribution in [2.45, 2.75) is 25.0 Å². The Balaban J connectivity index is 3.08. The lowest BCUT2D eigenvalue weighted by Crippen LogP contribution is -2.28. The molecule has 2 unspecified atom stereocenters. The molecule has 0 bridgehead atoms. The Morgan fingerprint density at radius 1 is 1.06 bits per heavy atom. The lowest BCUT2D eigenvalue weighted by atomic mass is 10.3. The van der Waals surface area contributed by atoms with Crippen LogP contribution in [0.3, 0.4) is 0 Å². The molecule has 0 fully saturated rings. The summed E-state index contributed by atoms with van der Waals surface area (Å²) in [5.74, 6) is 0. The summed E-state index contributed by atoms with van der Waals surface area (Å²) in [6.45, 7) is 2.62. The van der Waals surface area contributed by atoms with Crippen LogP contribution >= 0.6 is 22.6 Å². The molecular formula is C11H24INO4. The van der Waals surface area contributed by atoms with Crippen molar-refractivity contribution in [2.75, 3.05) is 44.4 Å². The van der Waals surface area contributed by atoms with E-state index in [1.54, 1.807) is 7.05 Å². The molecule has 5 nitrogen and oxygen atoms in total. The molecule has 2 atom stereocenters. The summed E-state index contributed by atoms with van der Waals surface area (Å²) in [6.07, 6.45) is 1.03. The molecule has 0 aliphatic rings. The molecule has 3 N–H and O–H groups in total. The molecule has 0 amide bonds. The van der Waals surface area contributed by atoms with Gasteiger partial charge in [0.05, 0.1) is 25.4 Å². The maximum Gasteiger partial charge on any atom is 0.0897 e. The highest BCUT2D eigenvalue weighted by molar-refractivity contribution is 14.1. The van der Waals surface area contributed by atoms with Crippen LogP contribution in [-0.2, 0) is 9.47 Å². The molecule has 0 saturated carbocycles. The van der Waals surface area contributed by atoms with Crippen molar-refractivity contribution in [3.8, 4) is 0 Å². The quantitative estimate of drug-likeness (QED) is 0.263. The van der Waals surface area contributed by atoms with Gasteiger partial charge in [-0.15, -0.1) is 0 Å². The minimum Gasteiger partial charge on any atom is -0.390 e. The van der Waals surface area contributed by atoms with Gasteiger partial charge in [0.2, 0.25) is 0 Å². The summed E-state index contributed by atoms with van der Waals surface area (Å²) < 4.78 is 11.3. The fourth-order valence-corrected chi connectivity index (χ4v) is 1.44. The molecule has 6 heteroatoms. The van der Waals surface area contributed by atoms with Crippen molar-refractivity contribution < 1.29 is 19.7 Å². The van der Waals surface area contributed by atoms with Gasteiger partial charge in [0.15, 0.2) is 0 Å². The van der Waals surface area contributed by atoms with Crippen LogP contribution in [0.1, 0.15) is 12.8 Å². The van der Waals surface area contributed by atoms with E-state index < -0.39 is 6.10 Å². The average Bonchev–Trinajstić information content (AvgIpc) is 2.32. The lowest BCUT2D eigenvalue weighted by Gasteiger charge is -2.11. The summed E-state index contributed by atoms with van der Waals surface area (Å²) in [6, 6.07) is 0. The van der Waals surface area contributed by atoms with E-state index in [0.29, 0.717) is 37.4 Å². The number of alkyl halides is 1. The first-order valence-corrected chi connectivity index (χ1v) is 7.45. The summed E-state index contributed by atoms with van der Waals surface area (Å²) in [5.41, 5.74) is 0. The number of hydrogen-bond donors (Lipinski definition) is 3. The summed E-state index contributed by atoms with van der Waals surface area (Å²) in [7, 11) is 1.80. The van der Waals surface area contributed by atoms with Gasteiger partial charge in [-0.3, -0.25) is 0 Å². The molecular weight excluding hydrogens is 337 g/mol. The zero-order chi connectivity index (χ0) is 12.9. The van der Waals surface area contributed by atoms with Gasteiger partial charge in [-0.2, -0.15) is 0 Å². The second-order valence-electron chi connectivity index (χ2n) is 3.88. The first-order chi connectivity index (χ1) is 8.20. The van der Waals surface area contributed by atoms with Crippen molar-refractivity contribution >= 4 is 22.6 Å². The zero-order valence-corrected chi connectivity index (χ0v) is 12.6. The Bertz CT molecular complexity index is 162. The van der Waals surface area contributed by atoms with Crippen molar-refractivity contribution in [3.05, 3.63) is 0 Å². The van der Waals surface area contributed by atoms with Crippen molar-refractivity contribution in [3.63, 3.8) is 0 Å². The van der Waals surface area contributed by atoms with Crippen molar-refractivity contribution in [1.82, 2.24) is 5.32 Å². The topological polar surface area (TPSA) is 71.0 Å². The largest absolute Gasteiger partial charge is 0.390 e. The molecule has 0 rings (SSSR count). The molecule has 0 heterocycles. The highest BCUT2D eigenvalue weighted by atomic mass is 127. The number of halogens is 1. The van der Waals surface area contributed by atoms with Gasteiger partial charge in [-0.25, -0.2) is 0 Å². The van der Waals surface area contributed by atoms with Crippen LogP contribution in [0.25, 0.3) is 0 Å². The normalized spacial score (nSPS) is 14.8. The van der Waals surface area contributed by atoms with Gasteiger partial charge in [-0.1, -0.05) is 22.6 Å². The predicted molar refractivity (Wildman–Crippen MR) is 75.7 cm³/mol. The van der Waals surface area contributed by atoms with Crippen LogP contribution in [0.4, 0.5) is 0 Å². The Hall–Kier alpha value is 0.530. The SMILES string of the molecule is CNCC(O)COCCCCOCC(O)CI. The van der Waals surface area contributed by atoms with E-state index >= 15 is 0 Å². The summed E-state index contributed by atoms with van der Waals surface area (Å²) in [4.78, 5) is 0. The van der Waals surface area contributed by atoms with Crippen LogP contribution in [0.2, 0.25) is 0 Å². The second kappa shape index (κ2) is 13.0. The molecule has 0 aromatic heterocycles. The van der Waals surface area contributed by atoms with Crippen LogP contribution in [0.15, 0.2) is 0 Å². The van der Waals surface area contributed by atoms with Crippen LogP contribution < -0.4 is 5.32 Å². The van der Waals surface area contributed by atoms with Gasteiger partial charge >= 0.3 is 0 Å². The fraction of sp³-hybridized carbons (Fsp3) is 1.00. The molecule has 0 spiro atoms. The van der Waals surface area contributed by atoms with E-state index in [2.05, 4.69) is 27.9 Å². The van der Waals surface area contributed by atoms with Crippen molar-refractivity contribution in [2.24, 2.45) is 0 Å². The molecule has 0 radical (unpaired) electrons. The van der Waals surface area contributed by atoms with Gasteiger partial charge < -0.3 is 25.0 Å². The van der Waals surface area contributed by atoms with Crippen LogP contribution in [-0.4, -0.2) is 66.9 Å². The smallest absolute Gasteiger partial charge is 0.0897 e. The number of aliphatic hydroxyl groups is 2. The maximum atomic E-state index is 9.34. The average molecular weight is 361 g/mol. The second-order valence-corrected chi connectivity index (χ2v) is 4.76. The van der Waals surface area contributed by atoms with E-state index in [-0.39, 0.29) is 6.10 Å². The van der Waals surface area contributed by atoms with E-state index in [1.807, 2.05) is 0 Å². The van der Waals surface area contributed by atoms with Gasteiger partial charge in [0, 0.05) is 24.2 Å². The zero-order valence-electron chi connectivity index (χ0n) is 10.4. The highest BCUT2D eigenvalue weighted by Crippen LogP contribution is 1.96. The van der Waals surface area contributed by atoms with Gasteiger partial charge in [0.25, 0.3) is 0 Å². The highest BCUT2D eigenvalue weighted by Gasteiger charge is 2.02. The van der Waals surface area contributed by atoms with Crippen LogP contribution in [0, 0.1) is 0 Å². The Kier molecular flexibility index (Phi) is 13.4. The summed E-state index contributed by atoms with van der Waals surface area (Å²) in [5, 5.41) is 21.4. The fourth-order valence-electron chi connectivity index (χ4n) is 1.19. The number of hydrogen-bond acceptors (Lipinski definition) is 5. The summed E-state index contributed by atoms with van der Waals surface area (Å²) >= 11 is 2.13. The number of nitrogens with one attached hydrogen (secondary N) is 1. The number of unbranched alkanes of at least 4 members (excludes halogenated alkanes) is 1. The third-order valence-corrected chi connectivity index (χ3v) is 3.08. The van der Waals surface area contributed by atoms with E-state index in [1.165, 1.54) is 0 Å². The van der Waals surface area contributed by atoms with Crippen molar-refractivity contribution in [1.29, 1.82) is 0 Å². The first kappa shape index (κ1) is 17.5. The molecule has 0 aromatic rings. The minimum absolute atomic E-state index is 0.358.